The SMILES string of the molecule is CCCNC(=O)c1cccc(NC(=O)C2(C)CCCCN2)c1. The summed E-state index contributed by atoms with van der Waals surface area (Å²) in [5, 5.41) is 9.05. The minimum absolute atomic E-state index is 0.0432. The van der Waals surface area contributed by atoms with E-state index in [0.717, 1.165) is 32.2 Å². The van der Waals surface area contributed by atoms with Gasteiger partial charge in [-0.1, -0.05) is 13.0 Å². The molecule has 1 unspecified atom stereocenters. The highest BCUT2D eigenvalue weighted by Crippen LogP contribution is 2.21. The molecular formula is C17H25N3O2. The Bertz CT molecular complexity index is 536. The number of benzene rings is 1. The number of anilines is 1. The van der Waals surface area contributed by atoms with E-state index in [4.69, 9.17) is 0 Å². The second-order valence-corrected chi connectivity index (χ2v) is 6.01. The van der Waals surface area contributed by atoms with Crippen LogP contribution in [0.2, 0.25) is 0 Å². The lowest BCUT2D eigenvalue weighted by Crippen LogP contribution is -2.54. The summed E-state index contributed by atoms with van der Waals surface area (Å²) in [5.74, 6) is -0.154. The van der Waals surface area contributed by atoms with Gasteiger partial charge in [-0.25, -0.2) is 0 Å². The van der Waals surface area contributed by atoms with Crippen molar-refractivity contribution >= 4 is 17.5 Å². The summed E-state index contributed by atoms with van der Waals surface area (Å²) in [5.41, 5.74) is 0.689. The number of amides is 2. The molecule has 0 spiro atoms. The second-order valence-electron chi connectivity index (χ2n) is 6.01. The average molecular weight is 303 g/mol. The van der Waals surface area contributed by atoms with Gasteiger partial charge in [-0.2, -0.15) is 0 Å². The van der Waals surface area contributed by atoms with Crippen LogP contribution in [0.3, 0.4) is 0 Å². The number of carbonyl (C=O) groups is 2. The zero-order valence-electron chi connectivity index (χ0n) is 13.4. The van der Waals surface area contributed by atoms with E-state index in [2.05, 4.69) is 16.0 Å². The minimum atomic E-state index is -0.529. The van der Waals surface area contributed by atoms with Crippen LogP contribution in [0.25, 0.3) is 0 Å². The third-order valence-electron chi connectivity index (χ3n) is 4.04. The first-order chi connectivity index (χ1) is 10.5. The summed E-state index contributed by atoms with van der Waals surface area (Å²) in [6, 6.07) is 7.06. The van der Waals surface area contributed by atoms with E-state index in [9.17, 15) is 9.59 Å². The van der Waals surface area contributed by atoms with Crippen molar-refractivity contribution in [1.82, 2.24) is 10.6 Å². The van der Waals surface area contributed by atoms with Crippen LogP contribution in [0.5, 0.6) is 0 Å². The molecule has 1 aromatic carbocycles. The molecule has 5 heteroatoms. The van der Waals surface area contributed by atoms with Crippen molar-refractivity contribution in [3.8, 4) is 0 Å². The van der Waals surface area contributed by atoms with Gasteiger partial charge in [-0.3, -0.25) is 9.59 Å². The fourth-order valence-corrected chi connectivity index (χ4v) is 2.60. The predicted molar refractivity (Wildman–Crippen MR) is 88.0 cm³/mol. The van der Waals surface area contributed by atoms with Gasteiger partial charge in [0.25, 0.3) is 5.91 Å². The summed E-state index contributed by atoms with van der Waals surface area (Å²) in [6.07, 6.45) is 3.88. The highest BCUT2D eigenvalue weighted by molar-refractivity contribution is 6.00. The molecule has 1 aliphatic rings. The Morgan fingerprint density at radius 1 is 1.32 bits per heavy atom. The predicted octanol–water partition coefficient (Wildman–Crippen LogP) is 2.30. The lowest BCUT2D eigenvalue weighted by atomic mass is 9.90. The van der Waals surface area contributed by atoms with E-state index in [0.29, 0.717) is 17.8 Å². The lowest BCUT2D eigenvalue weighted by Gasteiger charge is -2.33. The summed E-state index contributed by atoms with van der Waals surface area (Å²) in [4.78, 5) is 24.4. The molecule has 2 amide bonds. The molecule has 1 heterocycles. The van der Waals surface area contributed by atoms with E-state index in [1.807, 2.05) is 13.8 Å². The molecule has 1 aromatic rings. The molecule has 3 N–H and O–H groups in total. The summed E-state index contributed by atoms with van der Waals surface area (Å²) in [6.45, 7) is 5.45. The average Bonchev–Trinajstić information content (AvgIpc) is 2.53. The van der Waals surface area contributed by atoms with Crippen LogP contribution in [-0.2, 0) is 4.79 Å². The zero-order chi connectivity index (χ0) is 16.0. The maximum absolute atomic E-state index is 12.5. The Labute approximate surface area is 131 Å². The molecule has 120 valence electrons. The number of rotatable bonds is 5. The van der Waals surface area contributed by atoms with Crippen LogP contribution in [0.4, 0.5) is 5.69 Å². The third-order valence-corrected chi connectivity index (χ3v) is 4.04. The molecule has 22 heavy (non-hydrogen) atoms. The van der Waals surface area contributed by atoms with Gasteiger partial charge in [0, 0.05) is 17.8 Å². The van der Waals surface area contributed by atoms with Crippen molar-refractivity contribution in [2.45, 2.75) is 45.1 Å². The van der Waals surface area contributed by atoms with E-state index in [1.54, 1.807) is 24.3 Å². The molecule has 1 saturated heterocycles. The van der Waals surface area contributed by atoms with Gasteiger partial charge < -0.3 is 16.0 Å². The Kier molecular flexibility index (Phi) is 5.55. The molecule has 1 fully saturated rings. The summed E-state index contributed by atoms with van der Waals surface area (Å²) < 4.78 is 0. The number of nitrogens with one attached hydrogen (secondary N) is 3. The van der Waals surface area contributed by atoms with E-state index < -0.39 is 5.54 Å². The summed E-state index contributed by atoms with van der Waals surface area (Å²) in [7, 11) is 0. The monoisotopic (exact) mass is 303 g/mol. The molecule has 0 bridgehead atoms. The largest absolute Gasteiger partial charge is 0.352 e. The van der Waals surface area contributed by atoms with Crippen molar-refractivity contribution < 1.29 is 9.59 Å². The molecular weight excluding hydrogens is 278 g/mol. The first-order valence-corrected chi connectivity index (χ1v) is 8.00. The molecule has 0 aliphatic carbocycles. The lowest BCUT2D eigenvalue weighted by molar-refractivity contribution is -0.122. The van der Waals surface area contributed by atoms with Gasteiger partial charge in [0.05, 0.1) is 5.54 Å². The van der Waals surface area contributed by atoms with Gasteiger partial charge in [-0.05, 0) is 57.4 Å². The van der Waals surface area contributed by atoms with Crippen LogP contribution in [-0.4, -0.2) is 30.4 Å². The van der Waals surface area contributed by atoms with Crippen LogP contribution in [0, 0.1) is 0 Å². The van der Waals surface area contributed by atoms with Crippen molar-refractivity contribution in [2.75, 3.05) is 18.4 Å². The quantitative estimate of drug-likeness (QED) is 0.781. The first kappa shape index (κ1) is 16.5. The standard InChI is InChI=1S/C17H25N3O2/c1-3-10-18-15(21)13-7-6-8-14(12-13)20-16(22)17(2)9-4-5-11-19-17/h6-8,12,19H,3-5,9-11H2,1-2H3,(H,18,21)(H,20,22). The number of hydrogen-bond donors (Lipinski definition) is 3. The highest BCUT2D eigenvalue weighted by Gasteiger charge is 2.34. The third kappa shape index (κ3) is 4.07. The topological polar surface area (TPSA) is 70.2 Å². The minimum Gasteiger partial charge on any atom is -0.352 e. The maximum Gasteiger partial charge on any atom is 0.251 e. The normalized spacial score (nSPS) is 21.2. The van der Waals surface area contributed by atoms with Crippen molar-refractivity contribution in [3.63, 3.8) is 0 Å². The summed E-state index contributed by atoms with van der Waals surface area (Å²) >= 11 is 0. The molecule has 1 atom stereocenters. The van der Waals surface area contributed by atoms with Crippen LogP contribution < -0.4 is 16.0 Å². The maximum atomic E-state index is 12.5. The molecule has 5 nitrogen and oxygen atoms in total. The number of hydrogen-bond acceptors (Lipinski definition) is 3. The first-order valence-electron chi connectivity index (χ1n) is 8.00. The fraction of sp³-hybridized carbons (Fsp3) is 0.529. The smallest absolute Gasteiger partial charge is 0.251 e. The molecule has 0 saturated carbocycles. The van der Waals surface area contributed by atoms with Gasteiger partial charge in [-0.15, -0.1) is 0 Å². The van der Waals surface area contributed by atoms with Crippen molar-refractivity contribution in [2.24, 2.45) is 0 Å². The van der Waals surface area contributed by atoms with Crippen LogP contribution in [0.15, 0.2) is 24.3 Å². The van der Waals surface area contributed by atoms with Crippen LogP contribution in [0.1, 0.15) is 49.9 Å². The Hall–Kier alpha value is -1.88. The van der Waals surface area contributed by atoms with Crippen molar-refractivity contribution in [1.29, 1.82) is 0 Å². The molecule has 1 aliphatic heterocycles. The Balaban J connectivity index is 2.03. The van der Waals surface area contributed by atoms with E-state index in [1.165, 1.54) is 0 Å². The Morgan fingerprint density at radius 3 is 2.82 bits per heavy atom. The van der Waals surface area contributed by atoms with Gasteiger partial charge in [0.2, 0.25) is 5.91 Å². The number of carbonyl (C=O) groups excluding carboxylic acids is 2. The Morgan fingerprint density at radius 2 is 2.14 bits per heavy atom. The second kappa shape index (κ2) is 7.40. The molecule has 0 aromatic heterocycles. The van der Waals surface area contributed by atoms with Gasteiger partial charge in [0.1, 0.15) is 0 Å². The number of piperidine rings is 1. The van der Waals surface area contributed by atoms with Gasteiger partial charge >= 0.3 is 0 Å². The fourth-order valence-electron chi connectivity index (χ4n) is 2.60. The van der Waals surface area contributed by atoms with Crippen LogP contribution >= 0.6 is 0 Å². The zero-order valence-corrected chi connectivity index (χ0v) is 13.4. The molecule has 0 radical (unpaired) electrons. The molecule has 2 rings (SSSR count). The van der Waals surface area contributed by atoms with E-state index in [-0.39, 0.29) is 11.8 Å². The van der Waals surface area contributed by atoms with Gasteiger partial charge in [0.15, 0.2) is 0 Å². The van der Waals surface area contributed by atoms with E-state index >= 15 is 0 Å². The van der Waals surface area contributed by atoms with Crippen molar-refractivity contribution in [3.05, 3.63) is 29.8 Å². The highest BCUT2D eigenvalue weighted by atomic mass is 16.2.